The zero-order valence-electron chi connectivity index (χ0n) is 11.7. The number of hydrogen-bond acceptors (Lipinski definition) is 4. The minimum atomic E-state index is 0.314. The second-order valence-corrected chi connectivity index (χ2v) is 4.13. The summed E-state index contributed by atoms with van der Waals surface area (Å²) in [6, 6.07) is 6.48. The molecule has 0 aromatic heterocycles. The largest absolute Gasteiger partial charge is 0.496 e. The molecule has 0 amide bonds. The van der Waals surface area contributed by atoms with Crippen molar-refractivity contribution in [3.63, 3.8) is 0 Å². The lowest BCUT2D eigenvalue weighted by atomic mass is 10.0. The molecule has 0 spiro atoms. The van der Waals surface area contributed by atoms with Crippen LogP contribution in [0, 0.1) is 0 Å². The predicted molar refractivity (Wildman–Crippen MR) is 72.0 cm³/mol. The highest BCUT2D eigenvalue weighted by Gasteiger charge is 2.08. The van der Waals surface area contributed by atoms with Crippen LogP contribution in [0.25, 0.3) is 0 Å². The number of benzene rings is 1. The molecule has 0 radical (unpaired) electrons. The molecule has 1 rings (SSSR count). The number of rotatable bonds is 8. The third-order valence-electron chi connectivity index (χ3n) is 2.93. The fourth-order valence-corrected chi connectivity index (χ4v) is 1.67. The van der Waals surface area contributed by atoms with Crippen LogP contribution in [0.3, 0.4) is 0 Å². The van der Waals surface area contributed by atoms with Crippen LogP contribution in [-0.4, -0.2) is 34.5 Å². The van der Waals surface area contributed by atoms with E-state index in [1.165, 1.54) is 5.56 Å². The van der Waals surface area contributed by atoms with Crippen molar-refractivity contribution >= 4 is 0 Å². The van der Waals surface area contributed by atoms with Gasteiger partial charge in [-0.05, 0) is 31.7 Å². The quantitative estimate of drug-likeness (QED) is 0.721. The monoisotopic (exact) mass is 253 g/mol. The lowest BCUT2D eigenvalue weighted by Crippen LogP contribution is -2.13. The number of nitrogens with one attached hydrogen (secondary N) is 1. The molecular weight excluding hydrogens is 230 g/mol. The summed E-state index contributed by atoms with van der Waals surface area (Å²) in [4.78, 5) is 0. The Kier molecular flexibility index (Phi) is 6.72. The van der Waals surface area contributed by atoms with E-state index in [2.05, 4.69) is 24.4 Å². The lowest BCUT2D eigenvalue weighted by molar-refractivity contribution is 0.0607. The molecule has 0 aliphatic rings. The first-order valence-corrected chi connectivity index (χ1v) is 6.13. The Morgan fingerprint density at radius 1 is 1.22 bits per heavy atom. The van der Waals surface area contributed by atoms with Crippen molar-refractivity contribution in [3.8, 4) is 5.75 Å². The Balaban J connectivity index is 2.72. The van der Waals surface area contributed by atoms with Gasteiger partial charge >= 0.3 is 0 Å². The molecule has 4 nitrogen and oxygen atoms in total. The molecule has 0 fully saturated rings. The zero-order chi connectivity index (χ0) is 13.4. The summed E-state index contributed by atoms with van der Waals surface area (Å²) in [5.74, 6) is 0.861. The van der Waals surface area contributed by atoms with Crippen LogP contribution in [0.15, 0.2) is 18.2 Å². The van der Waals surface area contributed by atoms with E-state index in [0.29, 0.717) is 25.9 Å². The topological polar surface area (TPSA) is 39.7 Å². The maximum absolute atomic E-state index is 5.55. The summed E-state index contributed by atoms with van der Waals surface area (Å²) in [6.45, 7) is 3.86. The van der Waals surface area contributed by atoms with Gasteiger partial charge in [-0.1, -0.05) is 6.07 Å². The Hall–Kier alpha value is -1.10. The molecule has 0 saturated heterocycles. The minimum Gasteiger partial charge on any atom is -0.496 e. The highest BCUT2D eigenvalue weighted by atomic mass is 16.5. The van der Waals surface area contributed by atoms with Crippen molar-refractivity contribution in [1.29, 1.82) is 0 Å². The first-order chi connectivity index (χ1) is 8.72. The van der Waals surface area contributed by atoms with E-state index in [1.807, 2.05) is 13.1 Å². The van der Waals surface area contributed by atoms with Crippen molar-refractivity contribution in [2.75, 3.05) is 34.5 Å². The highest BCUT2D eigenvalue weighted by Crippen LogP contribution is 2.23. The molecule has 0 heterocycles. The zero-order valence-corrected chi connectivity index (χ0v) is 11.7. The van der Waals surface area contributed by atoms with Crippen molar-refractivity contribution in [1.82, 2.24) is 5.32 Å². The average Bonchev–Trinajstić information content (AvgIpc) is 2.42. The molecule has 1 aromatic carbocycles. The SMILES string of the molecule is CNC(C)c1ccc(OC)c(COCCOC)c1. The average molecular weight is 253 g/mol. The van der Waals surface area contributed by atoms with Gasteiger partial charge in [0.2, 0.25) is 0 Å². The molecule has 0 saturated carbocycles. The van der Waals surface area contributed by atoms with E-state index in [4.69, 9.17) is 14.2 Å². The summed E-state index contributed by atoms with van der Waals surface area (Å²) in [6.07, 6.45) is 0. The molecule has 1 unspecified atom stereocenters. The molecule has 1 aromatic rings. The van der Waals surface area contributed by atoms with Crippen molar-refractivity contribution < 1.29 is 14.2 Å². The van der Waals surface area contributed by atoms with Gasteiger partial charge in [-0.2, -0.15) is 0 Å². The number of hydrogen-bond donors (Lipinski definition) is 1. The van der Waals surface area contributed by atoms with Gasteiger partial charge in [0.25, 0.3) is 0 Å². The van der Waals surface area contributed by atoms with Crippen molar-refractivity contribution in [3.05, 3.63) is 29.3 Å². The van der Waals surface area contributed by atoms with Gasteiger partial charge in [0, 0.05) is 18.7 Å². The summed E-state index contributed by atoms with van der Waals surface area (Å²) in [7, 11) is 5.29. The molecule has 0 bridgehead atoms. The van der Waals surface area contributed by atoms with E-state index in [1.54, 1.807) is 14.2 Å². The highest BCUT2D eigenvalue weighted by molar-refractivity contribution is 5.38. The van der Waals surface area contributed by atoms with Gasteiger partial charge in [-0.25, -0.2) is 0 Å². The molecule has 1 atom stereocenters. The van der Waals surface area contributed by atoms with E-state index in [-0.39, 0.29) is 0 Å². The standard InChI is InChI=1S/C14H23NO3/c1-11(15-2)12-5-6-14(17-4)13(9-12)10-18-8-7-16-3/h5-6,9,11,15H,7-8,10H2,1-4H3. The van der Waals surface area contributed by atoms with Gasteiger partial charge < -0.3 is 19.5 Å². The molecular formula is C14H23NO3. The third kappa shape index (κ3) is 4.29. The van der Waals surface area contributed by atoms with Crippen LogP contribution in [0.5, 0.6) is 5.75 Å². The Labute approximate surface area is 109 Å². The summed E-state index contributed by atoms with van der Waals surface area (Å²) in [5.41, 5.74) is 2.29. The van der Waals surface area contributed by atoms with Crippen LogP contribution in [0.1, 0.15) is 24.1 Å². The second-order valence-electron chi connectivity index (χ2n) is 4.13. The van der Waals surface area contributed by atoms with Gasteiger partial charge in [-0.15, -0.1) is 0 Å². The molecule has 4 heteroatoms. The molecule has 1 N–H and O–H groups in total. The maximum atomic E-state index is 5.55. The van der Waals surface area contributed by atoms with Gasteiger partial charge in [0.15, 0.2) is 0 Å². The van der Waals surface area contributed by atoms with E-state index < -0.39 is 0 Å². The van der Waals surface area contributed by atoms with Crippen LogP contribution < -0.4 is 10.1 Å². The molecule has 102 valence electrons. The summed E-state index contributed by atoms with van der Waals surface area (Å²) >= 11 is 0. The van der Waals surface area contributed by atoms with Crippen molar-refractivity contribution in [2.24, 2.45) is 0 Å². The van der Waals surface area contributed by atoms with Crippen LogP contribution >= 0.6 is 0 Å². The van der Waals surface area contributed by atoms with E-state index in [0.717, 1.165) is 11.3 Å². The number of ether oxygens (including phenoxy) is 3. The third-order valence-corrected chi connectivity index (χ3v) is 2.93. The lowest BCUT2D eigenvalue weighted by Gasteiger charge is -2.15. The van der Waals surface area contributed by atoms with Gasteiger partial charge in [-0.3, -0.25) is 0 Å². The van der Waals surface area contributed by atoms with Gasteiger partial charge in [0.1, 0.15) is 5.75 Å². The predicted octanol–water partition coefficient (Wildman–Crippen LogP) is 2.14. The fraction of sp³-hybridized carbons (Fsp3) is 0.571. The Bertz CT molecular complexity index is 355. The van der Waals surface area contributed by atoms with E-state index >= 15 is 0 Å². The minimum absolute atomic E-state index is 0.314. The van der Waals surface area contributed by atoms with Gasteiger partial charge in [0.05, 0.1) is 26.9 Å². The van der Waals surface area contributed by atoms with Crippen LogP contribution in [-0.2, 0) is 16.1 Å². The second kappa shape index (κ2) is 8.08. The first kappa shape index (κ1) is 15.0. The normalized spacial score (nSPS) is 12.4. The first-order valence-electron chi connectivity index (χ1n) is 6.13. The molecule has 0 aliphatic carbocycles. The molecule has 18 heavy (non-hydrogen) atoms. The Morgan fingerprint density at radius 2 is 2.00 bits per heavy atom. The van der Waals surface area contributed by atoms with Crippen LogP contribution in [0.2, 0.25) is 0 Å². The summed E-state index contributed by atoms with van der Waals surface area (Å²) in [5, 5.41) is 3.22. The summed E-state index contributed by atoms with van der Waals surface area (Å²) < 4.78 is 15.8. The number of methoxy groups -OCH3 is 2. The smallest absolute Gasteiger partial charge is 0.124 e. The maximum Gasteiger partial charge on any atom is 0.124 e. The van der Waals surface area contributed by atoms with Crippen molar-refractivity contribution in [2.45, 2.75) is 19.6 Å². The Morgan fingerprint density at radius 3 is 2.61 bits per heavy atom. The fourth-order valence-electron chi connectivity index (χ4n) is 1.67. The van der Waals surface area contributed by atoms with E-state index in [9.17, 15) is 0 Å². The van der Waals surface area contributed by atoms with Crippen LogP contribution in [0.4, 0.5) is 0 Å². The molecule has 0 aliphatic heterocycles.